The van der Waals surface area contributed by atoms with Crippen molar-refractivity contribution in [2.75, 3.05) is 11.5 Å². The van der Waals surface area contributed by atoms with Crippen molar-refractivity contribution in [2.24, 2.45) is 0 Å². The van der Waals surface area contributed by atoms with Crippen LogP contribution in [0.15, 0.2) is 24.3 Å². The van der Waals surface area contributed by atoms with Crippen molar-refractivity contribution >= 4 is 22.6 Å². The highest BCUT2D eigenvalue weighted by Gasteiger charge is 2.22. The largest absolute Gasteiger partial charge is 0.258 e. The molecule has 0 spiro atoms. The highest BCUT2D eigenvalue weighted by molar-refractivity contribution is 8.11. The Balaban J connectivity index is 2.20. The summed E-state index contributed by atoms with van der Waals surface area (Å²) in [5.74, 6) is 2.01. The van der Waals surface area contributed by atoms with Gasteiger partial charge in [-0.3, -0.25) is 4.21 Å². The van der Waals surface area contributed by atoms with Crippen LogP contribution in [-0.2, 0) is 10.8 Å². The monoisotopic (exact) mass is 226 g/mol. The average Bonchev–Trinajstić information content (AvgIpc) is 2.20. The number of hydrogen-bond acceptors (Lipinski definition) is 2. The fourth-order valence-electron chi connectivity index (χ4n) is 1.55. The lowest BCUT2D eigenvalue weighted by atomic mass is 10.2. The number of benzene rings is 1. The fourth-order valence-corrected chi connectivity index (χ4v) is 4.89. The zero-order chi connectivity index (χ0) is 9.97. The summed E-state index contributed by atoms with van der Waals surface area (Å²) in [7, 11) is -0.673. The molecule has 0 amide bonds. The van der Waals surface area contributed by atoms with E-state index in [0.29, 0.717) is 0 Å². The van der Waals surface area contributed by atoms with Gasteiger partial charge in [-0.2, -0.15) is 0 Å². The third kappa shape index (κ3) is 2.20. The van der Waals surface area contributed by atoms with Crippen molar-refractivity contribution in [3.05, 3.63) is 35.4 Å². The first kappa shape index (κ1) is 10.2. The van der Waals surface area contributed by atoms with Gasteiger partial charge in [-0.15, -0.1) is 11.8 Å². The molecule has 1 aromatic rings. The SMILES string of the molecule is Cc1ccc([C@H]2SCCCS2=O)cc1. The van der Waals surface area contributed by atoms with Crippen LogP contribution in [0.3, 0.4) is 0 Å². The molecule has 14 heavy (non-hydrogen) atoms. The minimum Gasteiger partial charge on any atom is -0.258 e. The van der Waals surface area contributed by atoms with Crippen LogP contribution in [0.2, 0.25) is 0 Å². The molecule has 1 unspecified atom stereocenters. The molecular formula is C11H14OS2. The Morgan fingerprint density at radius 2 is 2.07 bits per heavy atom. The lowest BCUT2D eigenvalue weighted by Gasteiger charge is -2.21. The molecule has 0 saturated carbocycles. The van der Waals surface area contributed by atoms with Crippen LogP contribution < -0.4 is 0 Å². The summed E-state index contributed by atoms with van der Waals surface area (Å²) < 4.78 is 12.0. The van der Waals surface area contributed by atoms with E-state index in [1.807, 2.05) is 11.8 Å². The van der Waals surface area contributed by atoms with Gasteiger partial charge in [-0.25, -0.2) is 0 Å². The third-order valence-electron chi connectivity index (χ3n) is 2.35. The van der Waals surface area contributed by atoms with Crippen LogP contribution in [0.1, 0.15) is 22.1 Å². The van der Waals surface area contributed by atoms with Gasteiger partial charge in [0.2, 0.25) is 0 Å². The summed E-state index contributed by atoms with van der Waals surface area (Å²) in [6.45, 7) is 2.08. The maximum Gasteiger partial charge on any atom is 0.105 e. The summed E-state index contributed by atoms with van der Waals surface area (Å²) in [4.78, 5) is 0. The molecule has 1 heterocycles. The third-order valence-corrected chi connectivity index (χ3v) is 5.94. The Morgan fingerprint density at radius 1 is 1.36 bits per heavy atom. The Hall–Kier alpha value is -0.280. The van der Waals surface area contributed by atoms with Crippen LogP contribution in [-0.4, -0.2) is 15.7 Å². The molecule has 1 aliphatic rings. The fraction of sp³-hybridized carbons (Fsp3) is 0.455. The maximum absolute atomic E-state index is 11.8. The van der Waals surface area contributed by atoms with Crippen LogP contribution in [0.4, 0.5) is 0 Å². The molecular weight excluding hydrogens is 212 g/mol. The molecule has 1 fully saturated rings. The molecule has 76 valence electrons. The van der Waals surface area contributed by atoms with Crippen LogP contribution in [0.5, 0.6) is 0 Å². The van der Waals surface area contributed by atoms with Gasteiger partial charge >= 0.3 is 0 Å². The van der Waals surface area contributed by atoms with E-state index in [4.69, 9.17) is 0 Å². The highest BCUT2D eigenvalue weighted by atomic mass is 32.2. The second-order valence-electron chi connectivity index (χ2n) is 3.55. The molecule has 1 aromatic carbocycles. The van der Waals surface area contributed by atoms with Crippen molar-refractivity contribution in [3.8, 4) is 0 Å². The summed E-state index contributed by atoms with van der Waals surface area (Å²) in [6, 6.07) is 8.41. The number of thioether (sulfide) groups is 1. The first-order valence-electron chi connectivity index (χ1n) is 4.83. The van der Waals surface area contributed by atoms with Crippen LogP contribution in [0.25, 0.3) is 0 Å². The topological polar surface area (TPSA) is 17.1 Å². The van der Waals surface area contributed by atoms with Crippen LogP contribution in [0, 0.1) is 6.92 Å². The zero-order valence-electron chi connectivity index (χ0n) is 8.23. The van der Waals surface area contributed by atoms with Gasteiger partial charge < -0.3 is 0 Å². The van der Waals surface area contributed by atoms with Gasteiger partial charge in [0.25, 0.3) is 0 Å². The van der Waals surface area contributed by atoms with E-state index in [0.717, 1.165) is 17.9 Å². The van der Waals surface area contributed by atoms with Crippen molar-refractivity contribution in [1.29, 1.82) is 0 Å². The molecule has 1 saturated heterocycles. The molecule has 3 heteroatoms. The molecule has 2 atom stereocenters. The normalized spacial score (nSPS) is 27.5. The predicted octanol–water partition coefficient (Wildman–Crippen LogP) is 2.88. The zero-order valence-corrected chi connectivity index (χ0v) is 9.87. The Labute approximate surface area is 91.7 Å². The van der Waals surface area contributed by atoms with Gasteiger partial charge in [0.05, 0.1) is 0 Å². The van der Waals surface area contributed by atoms with Gasteiger partial charge in [-0.05, 0) is 24.7 Å². The first-order chi connectivity index (χ1) is 6.77. The quantitative estimate of drug-likeness (QED) is 0.732. The lowest BCUT2D eigenvalue weighted by molar-refractivity contribution is 0.679. The Morgan fingerprint density at radius 3 is 2.71 bits per heavy atom. The van der Waals surface area contributed by atoms with Crippen molar-refractivity contribution in [2.45, 2.75) is 17.9 Å². The van der Waals surface area contributed by atoms with E-state index in [1.54, 1.807) is 0 Å². The van der Waals surface area contributed by atoms with Crippen molar-refractivity contribution in [3.63, 3.8) is 0 Å². The van der Waals surface area contributed by atoms with E-state index in [9.17, 15) is 4.21 Å². The molecule has 0 bridgehead atoms. The van der Waals surface area contributed by atoms with E-state index in [2.05, 4.69) is 31.2 Å². The standard InChI is InChI=1S/C11H14OS2/c1-9-3-5-10(6-4-9)11-13-7-2-8-14(11)12/h3-6,11H,2,7-8H2,1H3/t11-,14?/m0/s1. The summed E-state index contributed by atoms with van der Waals surface area (Å²) in [5.41, 5.74) is 2.49. The molecule has 1 aliphatic heterocycles. The maximum atomic E-state index is 11.8. The number of aryl methyl sites for hydroxylation is 1. The minimum absolute atomic E-state index is 0.212. The Bertz CT molecular complexity index is 332. The predicted molar refractivity (Wildman–Crippen MR) is 64.0 cm³/mol. The van der Waals surface area contributed by atoms with Crippen molar-refractivity contribution in [1.82, 2.24) is 0 Å². The Kier molecular flexibility index (Phi) is 3.29. The summed E-state index contributed by atoms with van der Waals surface area (Å²) >= 11 is 1.83. The first-order valence-corrected chi connectivity index (χ1v) is 7.26. The summed E-state index contributed by atoms with van der Waals surface area (Å²) in [6.07, 6.45) is 1.10. The van der Waals surface area contributed by atoms with Gasteiger partial charge in [0.1, 0.15) is 4.58 Å². The molecule has 0 radical (unpaired) electrons. The van der Waals surface area contributed by atoms with Gasteiger partial charge in [0.15, 0.2) is 0 Å². The highest BCUT2D eigenvalue weighted by Crippen LogP contribution is 2.36. The van der Waals surface area contributed by atoms with E-state index in [-0.39, 0.29) is 4.58 Å². The number of hydrogen-bond donors (Lipinski definition) is 0. The second kappa shape index (κ2) is 4.49. The van der Waals surface area contributed by atoms with Crippen LogP contribution >= 0.6 is 11.8 Å². The smallest absolute Gasteiger partial charge is 0.105 e. The van der Waals surface area contributed by atoms with E-state index >= 15 is 0 Å². The minimum atomic E-state index is -0.673. The van der Waals surface area contributed by atoms with Gasteiger partial charge in [0, 0.05) is 16.6 Å². The molecule has 1 nitrogen and oxygen atoms in total. The molecule has 0 aromatic heterocycles. The van der Waals surface area contributed by atoms with Gasteiger partial charge in [-0.1, -0.05) is 29.8 Å². The molecule has 0 aliphatic carbocycles. The molecule has 2 rings (SSSR count). The molecule has 0 N–H and O–H groups in total. The van der Waals surface area contributed by atoms with Crippen molar-refractivity contribution < 1.29 is 4.21 Å². The number of rotatable bonds is 1. The lowest BCUT2D eigenvalue weighted by Crippen LogP contribution is -2.13. The summed E-state index contributed by atoms with van der Waals surface area (Å²) in [5, 5.41) is 0. The van der Waals surface area contributed by atoms with E-state index in [1.165, 1.54) is 11.1 Å². The second-order valence-corrected chi connectivity index (χ2v) is 6.70. The average molecular weight is 226 g/mol. The van der Waals surface area contributed by atoms with E-state index < -0.39 is 10.8 Å².